The maximum atomic E-state index is 13.7. The molecule has 1 N–H and O–H groups in total. The number of ether oxygens (including phenoxy) is 1. The molecule has 0 unspecified atom stereocenters. The second-order valence-electron chi connectivity index (χ2n) is 7.21. The summed E-state index contributed by atoms with van der Waals surface area (Å²) in [4.78, 5) is 12.5. The number of nitrogens with zero attached hydrogens (tertiary/aromatic N) is 2. The number of carbonyl (C=O) groups excluding carboxylic acids is 1. The molecule has 2 heterocycles. The van der Waals surface area contributed by atoms with Crippen LogP contribution in [-0.2, 0) is 13.2 Å². The summed E-state index contributed by atoms with van der Waals surface area (Å²) in [6.45, 7) is 4.03. The van der Waals surface area contributed by atoms with Crippen LogP contribution in [0.5, 0.6) is 5.75 Å². The molecule has 0 fully saturated rings. The van der Waals surface area contributed by atoms with Gasteiger partial charge in [-0.05, 0) is 50.2 Å². The average Bonchev–Trinajstić information content (AvgIpc) is 3.37. The first-order valence-corrected chi connectivity index (χ1v) is 9.97. The van der Waals surface area contributed by atoms with Crippen molar-refractivity contribution in [3.63, 3.8) is 0 Å². The zero-order valence-electron chi connectivity index (χ0n) is 17.6. The maximum Gasteiger partial charge on any atom is 0.287 e. The molecule has 0 aliphatic heterocycles. The highest BCUT2D eigenvalue weighted by molar-refractivity contribution is 5.91. The molecule has 0 spiro atoms. The van der Waals surface area contributed by atoms with E-state index in [0.29, 0.717) is 5.76 Å². The summed E-state index contributed by atoms with van der Waals surface area (Å²) in [6.07, 6.45) is 0. The summed E-state index contributed by atoms with van der Waals surface area (Å²) in [6, 6.07) is 15.9. The van der Waals surface area contributed by atoms with Gasteiger partial charge in [0, 0.05) is 23.9 Å². The highest BCUT2D eigenvalue weighted by Gasteiger charge is 2.16. The second-order valence-corrected chi connectivity index (χ2v) is 7.21. The van der Waals surface area contributed by atoms with Crippen LogP contribution in [0, 0.1) is 25.5 Å². The van der Waals surface area contributed by atoms with Crippen LogP contribution in [0.4, 0.5) is 8.78 Å². The molecule has 0 bridgehead atoms. The minimum absolute atomic E-state index is 0.0993. The van der Waals surface area contributed by atoms with E-state index in [1.807, 2.05) is 48.9 Å². The van der Waals surface area contributed by atoms with Crippen LogP contribution in [0.15, 0.2) is 65.1 Å². The van der Waals surface area contributed by atoms with Crippen molar-refractivity contribution in [3.05, 3.63) is 101 Å². The van der Waals surface area contributed by atoms with Gasteiger partial charge in [-0.1, -0.05) is 18.2 Å². The van der Waals surface area contributed by atoms with Gasteiger partial charge in [0.05, 0.1) is 11.4 Å². The quantitative estimate of drug-likeness (QED) is 0.448. The largest absolute Gasteiger partial charge is 0.483 e. The number of para-hydroxylation sites is 1. The van der Waals surface area contributed by atoms with Crippen LogP contribution < -0.4 is 10.1 Å². The minimum Gasteiger partial charge on any atom is -0.483 e. The molecule has 4 rings (SSSR count). The number of nitrogens with one attached hydrogen (secondary N) is 1. The summed E-state index contributed by atoms with van der Waals surface area (Å²) >= 11 is 0. The summed E-state index contributed by atoms with van der Waals surface area (Å²) in [5.41, 5.74) is 3.62. The van der Waals surface area contributed by atoms with E-state index < -0.39 is 17.5 Å². The summed E-state index contributed by atoms with van der Waals surface area (Å²) in [5.74, 6) is -1.55. The first-order valence-electron chi connectivity index (χ1n) is 9.97. The standard InChI is InChI=1S/C24H21F2N3O3/c1-15-20(16(2)29(28-15)18-6-4-3-5-7-18)13-27-24(30)23-11-9-19(32-23)14-31-22-10-8-17(25)12-21(22)26/h3-12H,13-14H2,1-2H3,(H,27,30). The third kappa shape index (κ3) is 4.54. The number of benzene rings is 2. The van der Waals surface area contributed by atoms with Crippen molar-refractivity contribution in [2.75, 3.05) is 0 Å². The topological polar surface area (TPSA) is 69.3 Å². The van der Waals surface area contributed by atoms with Gasteiger partial charge in [0.25, 0.3) is 5.91 Å². The van der Waals surface area contributed by atoms with Crippen molar-refractivity contribution in [3.8, 4) is 11.4 Å². The van der Waals surface area contributed by atoms with Crippen molar-refractivity contribution in [1.82, 2.24) is 15.1 Å². The van der Waals surface area contributed by atoms with Crippen molar-refractivity contribution in [1.29, 1.82) is 0 Å². The van der Waals surface area contributed by atoms with Gasteiger partial charge in [0.1, 0.15) is 18.2 Å². The Morgan fingerprint density at radius 2 is 1.88 bits per heavy atom. The molecule has 0 atom stereocenters. The number of halogens is 2. The molecule has 0 aliphatic carbocycles. The molecule has 8 heteroatoms. The summed E-state index contributed by atoms with van der Waals surface area (Å²) in [7, 11) is 0. The van der Waals surface area contributed by atoms with E-state index >= 15 is 0 Å². The van der Waals surface area contributed by atoms with Crippen molar-refractivity contribution in [2.45, 2.75) is 27.0 Å². The molecule has 2 aromatic carbocycles. The van der Waals surface area contributed by atoms with Gasteiger partial charge in [0.2, 0.25) is 0 Å². The van der Waals surface area contributed by atoms with E-state index in [9.17, 15) is 13.6 Å². The smallest absolute Gasteiger partial charge is 0.287 e. The third-order valence-corrected chi connectivity index (χ3v) is 5.02. The highest BCUT2D eigenvalue weighted by atomic mass is 19.1. The minimum atomic E-state index is -0.809. The predicted molar refractivity (Wildman–Crippen MR) is 114 cm³/mol. The Morgan fingerprint density at radius 3 is 2.62 bits per heavy atom. The van der Waals surface area contributed by atoms with Crippen LogP contribution in [0.2, 0.25) is 0 Å². The molecule has 0 saturated heterocycles. The Bertz CT molecular complexity index is 1250. The number of rotatable bonds is 7. The number of amides is 1. The van der Waals surface area contributed by atoms with Gasteiger partial charge in [-0.25, -0.2) is 13.5 Å². The molecular formula is C24H21F2N3O3. The van der Waals surface area contributed by atoms with Gasteiger partial charge < -0.3 is 14.5 Å². The molecule has 6 nitrogen and oxygen atoms in total. The first kappa shape index (κ1) is 21.3. The van der Waals surface area contributed by atoms with E-state index in [2.05, 4.69) is 10.4 Å². The van der Waals surface area contributed by atoms with Crippen molar-refractivity contribution < 1.29 is 22.7 Å². The zero-order chi connectivity index (χ0) is 22.7. The summed E-state index contributed by atoms with van der Waals surface area (Å²) in [5, 5.41) is 7.41. The lowest BCUT2D eigenvalue weighted by molar-refractivity contribution is 0.0918. The third-order valence-electron chi connectivity index (χ3n) is 5.02. The van der Waals surface area contributed by atoms with E-state index in [0.717, 1.165) is 34.8 Å². The molecule has 164 valence electrons. The maximum absolute atomic E-state index is 13.7. The summed E-state index contributed by atoms with van der Waals surface area (Å²) < 4.78 is 39.3. The van der Waals surface area contributed by atoms with Crippen LogP contribution in [-0.4, -0.2) is 15.7 Å². The molecule has 0 aliphatic rings. The fraction of sp³-hybridized carbons (Fsp3) is 0.167. The fourth-order valence-electron chi connectivity index (χ4n) is 3.33. The Morgan fingerprint density at radius 1 is 1.09 bits per heavy atom. The molecular weight excluding hydrogens is 416 g/mol. The number of aryl methyl sites for hydroxylation is 1. The Kier molecular flexibility index (Phi) is 6.02. The van der Waals surface area contributed by atoms with Gasteiger partial charge in [-0.15, -0.1) is 0 Å². The van der Waals surface area contributed by atoms with Crippen LogP contribution in [0.3, 0.4) is 0 Å². The van der Waals surface area contributed by atoms with Crippen molar-refractivity contribution in [2.24, 2.45) is 0 Å². The highest BCUT2D eigenvalue weighted by Crippen LogP contribution is 2.20. The lowest BCUT2D eigenvalue weighted by atomic mass is 10.2. The molecule has 0 saturated carbocycles. The van der Waals surface area contributed by atoms with Crippen LogP contribution in [0.1, 0.15) is 33.3 Å². The van der Waals surface area contributed by atoms with Crippen molar-refractivity contribution >= 4 is 5.91 Å². The molecule has 1 amide bonds. The number of aromatic nitrogens is 2. The molecule has 2 aromatic heterocycles. The number of hydrogen-bond donors (Lipinski definition) is 1. The Balaban J connectivity index is 1.38. The normalized spacial score (nSPS) is 10.9. The predicted octanol–water partition coefficient (Wildman–Crippen LogP) is 4.87. The van der Waals surface area contributed by atoms with E-state index in [4.69, 9.17) is 9.15 Å². The molecule has 4 aromatic rings. The van der Waals surface area contributed by atoms with Gasteiger partial charge in [0.15, 0.2) is 17.3 Å². The molecule has 0 radical (unpaired) electrons. The van der Waals surface area contributed by atoms with E-state index in [-0.39, 0.29) is 24.7 Å². The Labute approximate surface area is 183 Å². The van der Waals surface area contributed by atoms with Gasteiger partial charge in [-0.2, -0.15) is 5.10 Å². The average molecular weight is 437 g/mol. The zero-order valence-corrected chi connectivity index (χ0v) is 17.6. The second kappa shape index (κ2) is 9.05. The molecule has 32 heavy (non-hydrogen) atoms. The van der Waals surface area contributed by atoms with E-state index in [1.54, 1.807) is 6.07 Å². The number of carbonyl (C=O) groups is 1. The monoisotopic (exact) mass is 437 g/mol. The number of hydrogen-bond acceptors (Lipinski definition) is 4. The Hall–Kier alpha value is -3.94. The first-order chi connectivity index (χ1) is 15.4. The lowest BCUT2D eigenvalue weighted by Crippen LogP contribution is -2.23. The van der Waals surface area contributed by atoms with Crippen LogP contribution >= 0.6 is 0 Å². The van der Waals surface area contributed by atoms with Crippen LogP contribution in [0.25, 0.3) is 5.69 Å². The lowest BCUT2D eigenvalue weighted by Gasteiger charge is -2.07. The van der Waals surface area contributed by atoms with E-state index in [1.165, 1.54) is 12.1 Å². The fourth-order valence-corrected chi connectivity index (χ4v) is 3.33. The van der Waals surface area contributed by atoms with Gasteiger partial charge in [-0.3, -0.25) is 4.79 Å². The SMILES string of the molecule is Cc1nn(-c2ccccc2)c(C)c1CNC(=O)c1ccc(COc2ccc(F)cc2F)o1. The van der Waals surface area contributed by atoms with Gasteiger partial charge >= 0.3 is 0 Å². The number of furan rings is 1.